The average molecular weight is 462 g/mol. The topological polar surface area (TPSA) is 54.0 Å². The first-order valence-corrected chi connectivity index (χ1v) is 12.1. The second-order valence-corrected chi connectivity index (χ2v) is 8.99. The molecule has 166 valence electrons. The summed E-state index contributed by atoms with van der Waals surface area (Å²) in [5, 5.41) is 3.84. The van der Waals surface area contributed by atoms with Crippen LogP contribution >= 0.6 is 23.4 Å². The highest BCUT2D eigenvalue weighted by Gasteiger charge is 2.19. The Morgan fingerprint density at radius 3 is 2.39 bits per heavy atom. The number of halogens is 1. The van der Waals surface area contributed by atoms with E-state index in [4.69, 9.17) is 21.1 Å². The van der Waals surface area contributed by atoms with Crippen molar-refractivity contribution in [1.82, 2.24) is 0 Å². The number of anilines is 3. The van der Waals surface area contributed by atoms with Crippen molar-refractivity contribution in [2.75, 3.05) is 73.5 Å². The largest absolute Gasteiger partial charge is 0.378 e. The van der Waals surface area contributed by atoms with Crippen LogP contribution in [0.2, 0.25) is 5.02 Å². The molecule has 6 nitrogen and oxygen atoms in total. The van der Waals surface area contributed by atoms with E-state index in [9.17, 15) is 4.79 Å². The number of thioether (sulfide) groups is 1. The van der Waals surface area contributed by atoms with Gasteiger partial charge in [-0.3, -0.25) is 4.79 Å². The Morgan fingerprint density at radius 1 is 0.968 bits per heavy atom. The van der Waals surface area contributed by atoms with Gasteiger partial charge < -0.3 is 24.6 Å². The smallest absolute Gasteiger partial charge is 0.234 e. The number of rotatable bonds is 7. The van der Waals surface area contributed by atoms with Gasteiger partial charge in [0.15, 0.2) is 0 Å². The zero-order chi connectivity index (χ0) is 21.5. The minimum atomic E-state index is 0.000611. The molecule has 8 heteroatoms. The van der Waals surface area contributed by atoms with Gasteiger partial charge in [0.25, 0.3) is 0 Å². The van der Waals surface area contributed by atoms with Crippen molar-refractivity contribution in [3.63, 3.8) is 0 Å². The Balaban J connectivity index is 1.42. The van der Waals surface area contributed by atoms with Crippen LogP contribution in [0, 0.1) is 0 Å². The van der Waals surface area contributed by atoms with E-state index in [1.165, 1.54) is 0 Å². The predicted molar refractivity (Wildman–Crippen MR) is 129 cm³/mol. The van der Waals surface area contributed by atoms with E-state index >= 15 is 0 Å². The van der Waals surface area contributed by atoms with E-state index in [2.05, 4.69) is 27.2 Å². The number of hydrogen-bond acceptors (Lipinski definition) is 6. The Labute approximate surface area is 192 Å². The van der Waals surface area contributed by atoms with E-state index in [1.807, 2.05) is 30.3 Å². The molecule has 31 heavy (non-hydrogen) atoms. The molecular weight excluding hydrogens is 434 g/mol. The number of carbonyl (C=O) groups excluding carboxylic acids is 1. The predicted octanol–water partition coefficient (Wildman–Crippen LogP) is 3.89. The molecule has 2 aliphatic rings. The van der Waals surface area contributed by atoms with Crippen molar-refractivity contribution >= 4 is 46.3 Å². The number of carbonyl (C=O) groups is 1. The summed E-state index contributed by atoms with van der Waals surface area (Å²) in [5.74, 6) is 1.14. The number of morpholine rings is 2. The van der Waals surface area contributed by atoms with Gasteiger partial charge in [0.1, 0.15) is 0 Å². The van der Waals surface area contributed by atoms with Crippen molar-refractivity contribution < 1.29 is 14.3 Å². The third-order valence-electron chi connectivity index (χ3n) is 5.37. The molecule has 1 amide bonds. The molecule has 0 unspecified atom stereocenters. The number of hydrogen-bond donors (Lipinski definition) is 1. The summed E-state index contributed by atoms with van der Waals surface area (Å²) in [4.78, 5) is 17.3. The number of nitrogens with zero attached hydrogens (tertiary/aromatic N) is 2. The monoisotopic (exact) mass is 461 g/mol. The van der Waals surface area contributed by atoms with Crippen LogP contribution in [0.15, 0.2) is 42.5 Å². The molecule has 0 aromatic heterocycles. The van der Waals surface area contributed by atoms with Gasteiger partial charge in [-0.25, -0.2) is 0 Å². The molecule has 0 aliphatic carbocycles. The summed E-state index contributed by atoms with van der Waals surface area (Å²) >= 11 is 7.62. The van der Waals surface area contributed by atoms with Crippen molar-refractivity contribution in [3.8, 4) is 0 Å². The highest BCUT2D eigenvalue weighted by molar-refractivity contribution is 7.99. The Bertz CT molecular complexity index is 886. The Morgan fingerprint density at radius 2 is 1.68 bits per heavy atom. The lowest BCUT2D eigenvalue weighted by Gasteiger charge is -2.33. The molecule has 1 N–H and O–H groups in total. The van der Waals surface area contributed by atoms with Crippen molar-refractivity contribution in [3.05, 3.63) is 53.1 Å². The summed E-state index contributed by atoms with van der Waals surface area (Å²) < 4.78 is 11.0. The second kappa shape index (κ2) is 11.1. The minimum absolute atomic E-state index is 0.000611. The van der Waals surface area contributed by atoms with E-state index in [1.54, 1.807) is 11.8 Å². The van der Waals surface area contributed by atoms with Gasteiger partial charge in [-0.05, 0) is 35.9 Å². The maximum absolute atomic E-state index is 12.7. The molecule has 0 saturated carbocycles. The minimum Gasteiger partial charge on any atom is -0.378 e. The molecule has 0 spiro atoms. The van der Waals surface area contributed by atoms with E-state index < -0.39 is 0 Å². The van der Waals surface area contributed by atoms with E-state index in [0.717, 1.165) is 72.8 Å². The standard InChI is InChI=1S/C23H28ClN3O3S/c24-19-3-1-2-18(14-19)16-31-17-23(28)25-21-5-4-20(26-6-10-29-11-7-26)15-22(21)27-8-12-30-13-9-27/h1-5,14-15H,6-13,16-17H2,(H,25,28). The summed E-state index contributed by atoms with van der Waals surface area (Å²) in [6, 6.07) is 14.1. The highest BCUT2D eigenvalue weighted by atomic mass is 35.5. The fourth-order valence-electron chi connectivity index (χ4n) is 3.78. The van der Waals surface area contributed by atoms with Crippen LogP contribution in [0.25, 0.3) is 0 Å². The Hall–Kier alpha value is -1.93. The zero-order valence-corrected chi connectivity index (χ0v) is 19.1. The Kier molecular flexibility index (Phi) is 7.97. The SMILES string of the molecule is O=C(CSCc1cccc(Cl)c1)Nc1ccc(N2CCOCC2)cc1N1CCOCC1. The van der Waals surface area contributed by atoms with Gasteiger partial charge in [-0.2, -0.15) is 0 Å². The lowest BCUT2D eigenvalue weighted by molar-refractivity contribution is -0.113. The molecule has 0 bridgehead atoms. The molecule has 2 aliphatic heterocycles. The van der Waals surface area contributed by atoms with Crippen molar-refractivity contribution in [2.45, 2.75) is 5.75 Å². The summed E-state index contributed by atoms with van der Waals surface area (Å²) in [6.45, 7) is 6.29. The van der Waals surface area contributed by atoms with Gasteiger partial charge in [0.2, 0.25) is 5.91 Å². The molecule has 0 radical (unpaired) electrons. The summed E-state index contributed by atoms with van der Waals surface area (Å²) in [7, 11) is 0. The third kappa shape index (κ3) is 6.29. The van der Waals surface area contributed by atoms with Gasteiger partial charge in [0, 0.05) is 42.6 Å². The molecule has 2 saturated heterocycles. The number of benzene rings is 2. The summed E-state index contributed by atoms with van der Waals surface area (Å²) in [5.41, 5.74) is 4.19. The number of amides is 1. The average Bonchev–Trinajstić information content (AvgIpc) is 2.80. The number of ether oxygens (including phenoxy) is 2. The van der Waals surface area contributed by atoms with Crippen LogP contribution in [0.3, 0.4) is 0 Å². The first-order valence-electron chi connectivity index (χ1n) is 10.6. The van der Waals surface area contributed by atoms with E-state index in [0.29, 0.717) is 19.0 Å². The zero-order valence-electron chi connectivity index (χ0n) is 17.5. The first kappa shape index (κ1) is 22.3. The molecule has 0 atom stereocenters. The molecule has 4 rings (SSSR count). The van der Waals surface area contributed by atoms with Gasteiger partial charge in [0.05, 0.1) is 43.6 Å². The maximum atomic E-state index is 12.7. The van der Waals surface area contributed by atoms with Crippen LogP contribution in [0.4, 0.5) is 17.1 Å². The van der Waals surface area contributed by atoms with Crippen LogP contribution < -0.4 is 15.1 Å². The lowest BCUT2D eigenvalue weighted by Crippen LogP contribution is -2.38. The first-order chi connectivity index (χ1) is 15.2. The second-order valence-electron chi connectivity index (χ2n) is 7.57. The van der Waals surface area contributed by atoms with Crippen molar-refractivity contribution in [2.24, 2.45) is 0 Å². The molecule has 2 aromatic carbocycles. The third-order valence-corrected chi connectivity index (χ3v) is 6.61. The van der Waals surface area contributed by atoms with E-state index in [-0.39, 0.29) is 5.91 Å². The van der Waals surface area contributed by atoms with Crippen LogP contribution in [-0.4, -0.2) is 64.3 Å². The summed E-state index contributed by atoms with van der Waals surface area (Å²) in [6.07, 6.45) is 0. The number of nitrogens with one attached hydrogen (secondary N) is 1. The van der Waals surface area contributed by atoms with Gasteiger partial charge in [-0.1, -0.05) is 23.7 Å². The van der Waals surface area contributed by atoms with Crippen LogP contribution in [-0.2, 0) is 20.0 Å². The molecular formula is C23H28ClN3O3S. The van der Waals surface area contributed by atoms with Gasteiger partial charge in [-0.15, -0.1) is 11.8 Å². The molecule has 2 heterocycles. The van der Waals surface area contributed by atoms with Crippen molar-refractivity contribution in [1.29, 1.82) is 0 Å². The quantitative estimate of drug-likeness (QED) is 0.675. The normalized spacial score (nSPS) is 16.9. The highest BCUT2D eigenvalue weighted by Crippen LogP contribution is 2.32. The van der Waals surface area contributed by atoms with Gasteiger partial charge >= 0.3 is 0 Å². The fraction of sp³-hybridized carbons (Fsp3) is 0.435. The fourth-order valence-corrected chi connectivity index (χ4v) is 4.77. The molecule has 2 fully saturated rings. The maximum Gasteiger partial charge on any atom is 0.234 e. The van der Waals surface area contributed by atoms with Crippen LogP contribution in [0.5, 0.6) is 0 Å². The lowest BCUT2D eigenvalue weighted by atomic mass is 10.1. The molecule has 2 aromatic rings. The van der Waals surface area contributed by atoms with Crippen LogP contribution in [0.1, 0.15) is 5.56 Å².